The van der Waals surface area contributed by atoms with Gasteiger partial charge in [-0.3, -0.25) is 4.99 Å². The molecule has 0 bridgehead atoms. The summed E-state index contributed by atoms with van der Waals surface area (Å²) in [6.45, 7) is 3.65. The third kappa shape index (κ3) is 5.08. The number of nitrogens with zero attached hydrogens (tertiary/aromatic N) is 2. The Labute approximate surface area is 175 Å². The molecule has 0 spiro atoms. The number of aromatic nitrogens is 1. The first kappa shape index (κ1) is 20.5. The van der Waals surface area contributed by atoms with E-state index in [0.717, 1.165) is 22.5 Å². The minimum absolute atomic E-state index is 0. The lowest BCUT2D eigenvalue weighted by Crippen LogP contribution is -2.48. The van der Waals surface area contributed by atoms with Crippen LogP contribution in [0, 0.1) is 6.92 Å². The van der Waals surface area contributed by atoms with E-state index in [0.29, 0.717) is 6.54 Å². The summed E-state index contributed by atoms with van der Waals surface area (Å²) in [5.41, 5.74) is 1.55. The van der Waals surface area contributed by atoms with Gasteiger partial charge in [0.1, 0.15) is 5.01 Å². The summed E-state index contributed by atoms with van der Waals surface area (Å²) in [5.74, 6) is 0.822. The molecule has 0 unspecified atom stereocenters. The van der Waals surface area contributed by atoms with Gasteiger partial charge >= 0.3 is 0 Å². The molecule has 7 heteroatoms. The van der Waals surface area contributed by atoms with E-state index in [1.165, 1.54) is 29.7 Å². The molecule has 3 rings (SSSR count). The number of aliphatic imine (C=N–C) groups is 1. The van der Waals surface area contributed by atoms with E-state index in [1.54, 1.807) is 18.4 Å². The molecule has 1 saturated carbocycles. The van der Waals surface area contributed by atoms with E-state index in [9.17, 15) is 0 Å². The Kier molecular flexibility index (Phi) is 7.51. The summed E-state index contributed by atoms with van der Waals surface area (Å²) < 4.78 is 0. The molecule has 1 aromatic carbocycles. The van der Waals surface area contributed by atoms with Crippen molar-refractivity contribution in [2.45, 2.75) is 38.1 Å². The van der Waals surface area contributed by atoms with Crippen LogP contribution < -0.4 is 10.6 Å². The molecular weight excluding hydrogens is 467 g/mol. The average molecular weight is 491 g/mol. The topological polar surface area (TPSA) is 49.3 Å². The Balaban J connectivity index is 0.00000225. The molecule has 1 aliphatic rings. The molecule has 0 aliphatic heterocycles. The highest BCUT2D eigenvalue weighted by Gasteiger charge is 2.38. The van der Waals surface area contributed by atoms with E-state index in [1.807, 2.05) is 18.3 Å². The minimum Gasteiger partial charge on any atom is -0.356 e. The third-order valence-electron chi connectivity index (χ3n) is 4.66. The molecule has 1 aliphatic carbocycles. The van der Waals surface area contributed by atoms with Crippen LogP contribution in [-0.2, 0) is 12.0 Å². The van der Waals surface area contributed by atoms with Crippen molar-refractivity contribution in [3.8, 4) is 0 Å². The lowest BCUT2D eigenvalue weighted by Gasteiger charge is -2.43. The number of rotatable bonds is 5. The first-order chi connectivity index (χ1) is 11.6. The highest BCUT2D eigenvalue weighted by molar-refractivity contribution is 14.0. The molecule has 0 atom stereocenters. The van der Waals surface area contributed by atoms with Crippen molar-refractivity contribution >= 4 is 52.9 Å². The van der Waals surface area contributed by atoms with Crippen LogP contribution >= 0.6 is 46.9 Å². The monoisotopic (exact) mass is 490 g/mol. The number of halogens is 2. The van der Waals surface area contributed by atoms with Crippen molar-refractivity contribution in [2.75, 3.05) is 13.6 Å². The van der Waals surface area contributed by atoms with Crippen molar-refractivity contribution in [3.63, 3.8) is 0 Å². The molecule has 2 aromatic rings. The molecule has 0 amide bonds. The van der Waals surface area contributed by atoms with Crippen molar-refractivity contribution in [3.05, 3.63) is 50.9 Å². The Hall–Kier alpha value is -0.860. The van der Waals surface area contributed by atoms with Gasteiger partial charge in [0.2, 0.25) is 0 Å². The number of thiazole rings is 1. The van der Waals surface area contributed by atoms with E-state index >= 15 is 0 Å². The summed E-state index contributed by atoms with van der Waals surface area (Å²) in [5, 5.41) is 8.70. The number of hydrogen-bond donors (Lipinski definition) is 2. The van der Waals surface area contributed by atoms with Crippen molar-refractivity contribution in [1.82, 2.24) is 15.6 Å². The average Bonchev–Trinajstić information content (AvgIpc) is 2.96. The molecule has 0 radical (unpaired) electrons. The Morgan fingerprint density at radius 2 is 2.00 bits per heavy atom. The van der Waals surface area contributed by atoms with Gasteiger partial charge in [0.25, 0.3) is 0 Å². The van der Waals surface area contributed by atoms with E-state index in [2.05, 4.69) is 39.7 Å². The molecule has 4 nitrogen and oxygen atoms in total. The molecular formula is C18H24ClIN4S. The zero-order chi connectivity index (χ0) is 17.0. The van der Waals surface area contributed by atoms with Gasteiger partial charge in [0.05, 0.1) is 6.54 Å². The van der Waals surface area contributed by atoms with Gasteiger partial charge < -0.3 is 10.6 Å². The first-order valence-electron chi connectivity index (χ1n) is 8.23. The van der Waals surface area contributed by atoms with Gasteiger partial charge in [-0.05, 0) is 37.5 Å². The van der Waals surface area contributed by atoms with E-state index in [-0.39, 0.29) is 29.4 Å². The summed E-state index contributed by atoms with van der Waals surface area (Å²) in [4.78, 5) is 9.93. The quantitative estimate of drug-likeness (QED) is 0.368. The second kappa shape index (κ2) is 9.19. The lowest BCUT2D eigenvalue weighted by molar-refractivity contribution is 0.244. The summed E-state index contributed by atoms with van der Waals surface area (Å²) in [6.07, 6.45) is 5.57. The van der Waals surface area contributed by atoms with Gasteiger partial charge in [-0.2, -0.15) is 0 Å². The van der Waals surface area contributed by atoms with Crippen LogP contribution in [0.1, 0.15) is 34.7 Å². The maximum Gasteiger partial charge on any atom is 0.191 e. The van der Waals surface area contributed by atoms with Crippen LogP contribution in [0.25, 0.3) is 0 Å². The van der Waals surface area contributed by atoms with Gasteiger partial charge in [-0.25, -0.2) is 4.98 Å². The van der Waals surface area contributed by atoms with Crippen LogP contribution in [0.4, 0.5) is 0 Å². The zero-order valence-electron chi connectivity index (χ0n) is 14.5. The van der Waals surface area contributed by atoms with Crippen LogP contribution in [0.2, 0.25) is 5.02 Å². The number of aryl methyl sites for hydroxylation is 1. The van der Waals surface area contributed by atoms with Crippen LogP contribution in [0.3, 0.4) is 0 Å². The Morgan fingerprint density at radius 3 is 2.52 bits per heavy atom. The minimum atomic E-state index is 0. The maximum absolute atomic E-state index is 6.02. The third-order valence-corrected chi connectivity index (χ3v) is 5.83. The largest absolute Gasteiger partial charge is 0.356 e. The molecule has 2 N–H and O–H groups in total. The van der Waals surface area contributed by atoms with Crippen molar-refractivity contribution < 1.29 is 0 Å². The summed E-state index contributed by atoms with van der Waals surface area (Å²) in [6, 6.07) is 8.26. The fourth-order valence-electron chi connectivity index (χ4n) is 3.09. The lowest BCUT2D eigenvalue weighted by atomic mass is 9.64. The van der Waals surface area contributed by atoms with Crippen LogP contribution in [0.5, 0.6) is 0 Å². The molecule has 0 saturated heterocycles. The van der Waals surface area contributed by atoms with Crippen LogP contribution in [-0.4, -0.2) is 24.5 Å². The highest BCUT2D eigenvalue weighted by Crippen LogP contribution is 2.43. The van der Waals surface area contributed by atoms with Crippen molar-refractivity contribution in [1.29, 1.82) is 0 Å². The number of benzene rings is 1. The SMILES string of the molecule is CN=C(NCc1ncc(C)s1)NCC1(c2ccc(Cl)cc2)CCC1.I. The molecule has 25 heavy (non-hydrogen) atoms. The maximum atomic E-state index is 6.02. The number of hydrogen-bond acceptors (Lipinski definition) is 3. The van der Waals surface area contributed by atoms with Crippen LogP contribution in [0.15, 0.2) is 35.5 Å². The standard InChI is InChI=1S/C18H23ClN4S.HI/c1-13-10-21-16(24-13)11-22-17(20-2)23-12-18(8-3-9-18)14-4-6-15(19)7-5-14;/h4-7,10H,3,8-9,11-12H2,1-2H3,(H2,20,22,23);1H. The van der Waals surface area contributed by atoms with Gasteiger partial charge in [0.15, 0.2) is 5.96 Å². The fraction of sp³-hybridized carbons (Fsp3) is 0.444. The highest BCUT2D eigenvalue weighted by atomic mass is 127. The Morgan fingerprint density at radius 1 is 1.28 bits per heavy atom. The van der Waals surface area contributed by atoms with Crippen molar-refractivity contribution in [2.24, 2.45) is 4.99 Å². The van der Waals surface area contributed by atoms with Gasteiger partial charge in [0, 0.05) is 35.1 Å². The number of guanidine groups is 1. The normalized spacial score (nSPS) is 15.9. The fourth-order valence-corrected chi connectivity index (χ4v) is 3.94. The molecule has 1 heterocycles. The van der Waals surface area contributed by atoms with E-state index in [4.69, 9.17) is 11.6 Å². The summed E-state index contributed by atoms with van der Waals surface area (Å²) >= 11 is 7.73. The zero-order valence-corrected chi connectivity index (χ0v) is 18.4. The second-order valence-corrected chi connectivity index (χ2v) is 8.04. The summed E-state index contributed by atoms with van der Waals surface area (Å²) in [7, 11) is 1.80. The van der Waals surface area contributed by atoms with E-state index < -0.39 is 0 Å². The first-order valence-corrected chi connectivity index (χ1v) is 9.43. The molecule has 1 fully saturated rings. The number of nitrogens with one attached hydrogen (secondary N) is 2. The molecule has 136 valence electrons. The second-order valence-electron chi connectivity index (χ2n) is 6.28. The Bertz CT molecular complexity index is 710. The van der Waals surface area contributed by atoms with Gasteiger partial charge in [-0.1, -0.05) is 30.2 Å². The predicted molar refractivity (Wildman–Crippen MR) is 117 cm³/mol. The predicted octanol–water partition coefficient (Wildman–Crippen LogP) is 4.51. The smallest absolute Gasteiger partial charge is 0.191 e. The van der Waals surface area contributed by atoms with Gasteiger partial charge in [-0.15, -0.1) is 35.3 Å². The molecule has 1 aromatic heterocycles.